The summed E-state index contributed by atoms with van der Waals surface area (Å²) in [6.45, 7) is 1.28. The van der Waals surface area contributed by atoms with Gasteiger partial charge in [0, 0.05) is 37.4 Å². The number of thioether (sulfide) groups is 1. The van der Waals surface area contributed by atoms with Crippen LogP contribution in [-0.2, 0) is 20.5 Å². The van der Waals surface area contributed by atoms with Crippen LogP contribution >= 0.6 is 11.8 Å². The van der Waals surface area contributed by atoms with E-state index in [1.54, 1.807) is 18.0 Å². The lowest BCUT2D eigenvalue weighted by Crippen LogP contribution is -2.52. The van der Waals surface area contributed by atoms with E-state index in [-0.39, 0.29) is 35.1 Å². The first-order valence-corrected chi connectivity index (χ1v) is 11.8. The van der Waals surface area contributed by atoms with E-state index < -0.39 is 11.7 Å². The third-order valence-electron chi connectivity index (χ3n) is 6.50. The molecule has 9 heteroatoms. The Morgan fingerprint density at radius 1 is 1.25 bits per heavy atom. The first kappa shape index (κ1) is 23.2. The topological polar surface area (TPSA) is 58.6 Å². The van der Waals surface area contributed by atoms with Gasteiger partial charge in [-0.2, -0.15) is 13.2 Å². The lowest BCUT2D eigenvalue weighted by molar-refractivity contribution is -0.137. The highest BCUT2D eigenvalue weighted by molar-refractivity contribution is 8.04. The fraction of sp³-hybridized carbons (Fsp3) is 0.565. The molecule has 174 valence electrons. The summed E-state index contributed by atoms with van der Waals surface area (Å²) in [4.78, 5) is 27.8. The highest BCUT2D eigenvalue weighted by atomic mass is 32.2. The lowest BCUT2D eigenvalue weighted by Gasteiger charge is -2.44. The van der Waals surface area contributed by atoms with Crippen molar-refractivity contribution >= 4 is 29.7 Å². The summed E-state index contributed by atoms with van der Waals surface area (Å²) in [5.74, 6) is -0.263. The van der Waals surface area contributed by atoms with Gasteiger partial charge >= 0.3 is 6.18 Å². The van der Waals surface area contributed by atoms with Gasteiger partial charge < -0.3 is 15.0 Å². The van der Waals surface area contributed by atoms with Crippen LogP contribution in [0.2, 0.25) is 0 Å². The minimum Gasteiger partial charge on any atom is -0.376 e. The summed E-state index contributed by atoms with van der Waals surface area (Å²) >= 11 is 1.48. The number of nitrogens with zero attached hydrogens (tertiary/aromatic N) is 1. The Morgan fingerprint density at radius 3 is 2.66 bits per heavy atom. The van der Waals surface area contributed by atoms with Gasteiger partial charge in [0.2, 0.25) is 5.91 Å². The standard InChI is InChI=1S/C23H27F3N2O3S/c1-28-18-12-15(21(29)27-13-17-3-2-10-31-17)6-9-19(18)32-20(22(28)30)11-14-4-7-16(8-5-14)23(24,25)26/h4-5,7-8,11,15,17-19H,2-3,6,9-10,12-13H2,1H3,(H,27,29)/b20-11-. The smallest absolute Gasteiger partial charge is 0.376 e. The van der Waals surface area contributed by atoms with Crippen LogP contribution in [0.15, 0.2) is 29.2 Å². The number of likely N-dealkylation sites (N-methyl/N-ethyl adjacent to an activating group) is 1. The molecule has 32 heavy (non-hydrogen) atoms. The van der Waals surface area contributed by atoms with Crippen molar-refractivity contribution in [1.29, 1.82) is 0 Å². The average molecular weight is 469 g/mol. The molecule has 4 rings (SSSR count). The molecule has 1 aromatic carbocycles. The fourth-order valence-corrected chi connectivity index (χ4v) is 6.10. The molecular formula is C23H27F3N2O3S. The van der Waals surface area contributed by atoms with Crippen LogP contribution in [0.1, 0.15) is 43.2 Å². The Balaban J connectivity index is 1.38. The number of rotatable bonds is 4. The van der Waals surface area contributed by atoms with Crippen LogP contribution in [0, 0.1) is 5.92 Å². The lowest BCUT2D eigenvalue weighted by atomic mass is 9.83. The summed E-state index contributed by atoms with van der Waals surface area (Å²) < 4.78 is 43.9. The van der Waals surface area contributed by atoms with Crippen LogP contribution in [-0.4, -0.2) is 54.3 Å². The molecule has 0 bridgehead atoms. The molecule has 4 atom stereocenters. The van der Waals surface area contributed by atoms with E-state index in [1.165, 1.54) is 23.9 Å². The maximum atomic E-state index is 12.9. The number of fused-ring (bicyclic) bond motifs is 1. The van der Waals surface area contributed by atoms with Crippen LogP contribution in [0.3, 0.4) is 0 Å². The van der Waals surface area contributed by atoms with E-state index in [0.717, 1.165) is 44.4 Å². The molecule has 2 heterocycles. The van der Waals surface area contributed by atoms with Crippen LogP contribution in [0.4, 0.5) is 13.2 Å². The third-order valence-corrected chi connectivity index (χ3v) is 7.90. The minimum atomic E-state index is -4.39. The number of carbonyl (C=O) groups is 2. The van der Waals surface area contributed by atoms with Gasteiger partial charge in [-0.3, -0.25) is 9.59 Å². The Labute approximate surface area is 189 Å². The predicted octanol–water partition coefficient (Wildman–Crippen LogP) is 4.08. The number of benzene rings is 1. The third kappa shape index (κ3) is 5.14. The molecule has 0 spiro atoms. The molecule has 2 aliphatic heterocycles. The molecule has 1 N–H and O–H groups in total. The van der Waals surface area contributed by atoms with Crippen molar-refractivity contribution in [1.82, 2.24) is 10.2 Å². The number of amides is 2. The van der Waals surface area contributed by atoms with E-state index in [1.807, 2.05) is 0 Å². The Hall–Kier alpha value is -2.00. The molecule has 3 fully saturated rings. The van der Waals surface area contributed by atoms with Gasteiger partial charge in [0.1, 0.15) is 0 Å². The van der Waals surface area contributed by atoms with E-state index in [0.29, 0.717) is 23.4 Å². The number of hydrogen-bond acceptors (Lipinski definition) is 4. The summed E-state index contributed by atoms with van der Waals surface area (Å²) in [6, 6.07) is 4.77. The largest absolute Gasteiger partial charge is 0.416 e. The normalized spacial score (nSPS) is 29.8. The zero-order valence-electron chi connectivity index (χ0n) is 17.9. The highest BCUT2D eigenvalue weighted by Crippen LogP contribution is 2.43. The van der Waals surface area contributed by atoms with Crippen molar-refractivity contribution in [2.24, 2.45) is 5.92 Å². The molecule has 1 aliphatic carbocycles. The van der Waals surface area contributed by atoms with Crippen LogP contribution < -0.4 is 5.32 Å². The number of carbonyl (C=O) groups excluding carboxylic acids is 2. The molecule has 4 unspecified atom stereocenters. The van der Waals surface area contributed by atoms with Crippen molar-refractivity contribution in [3.63, 3.8) is 0 Å². The van der Waals surface area contributed by atoms with Gasteiger partial charge in [-0.1, -0.05) is 12.1 Å². The summed E-state index contributed by atoms with van der Waals surface area (Å²) in [6.07, 6.45) is 1.53. The summed E-state index contributed by atoms with van der Waals surface area (Å²) in [5, 5.41) is 3.17. The first-order valence-electron chi connectivity index (χ1n) is 10.9. The molecule has 2 amide bonds. The second-order valence-corrected chi connectivity index (χ2v) is 9.94. The van der Waals surface area contributed by atoms with Crippen LogP contribution in [0.25, 0.3) is 6.08 Å². The number of hydrogen-bond donors (Lipinski definition) is 1. The van der Waals surface area contributed by atoms with Gasteiger partial charge in [-0.05, 0) is 55.9 Å². The molecule has 3 aliphatic rings. The van der Waals surface area contributed by atoms with Gasteiger partial charge in [0.15, 0.2) is 0 Å². The molecule has 1 saturated carbocycles. The van der Waals surface area contributed by atoms with E-state index in [2.05, 4.69) is 5.32 Å². The van der Waals surface area contributed by atoms with Crippen molar-refractivity contribution in [3.8, 4) is 0 Å². The predicted molar refractivity (Wildman–Crippen MR) is 117 cm³/mol. The Kier molecular flexibility index (Phi) is 6.86. The maximum absolute atomic E-state index is 12.9. The Morgan fingerprint density at radius 2 is 2.00 bits per heavy atom. The number of alkyl halides is 3. The minimum absolute atomic E-state index is 0.0240. The molecule has 2 saturated heterocycles. The van der Waals surface area contributed by atoms with E-state index >= 15 is 0 Å². The maximum Gasteiger partial charge on any atom is 0.416 e. The van der Waals surface area contributed by atoms with Gasteiger partial charge in [-0.15, -0.1) is 11.8 Å². The molecule has 0 aromatic heterocycles. The SMILES string of the molecule is CN1C(=O)/C(=C/c2ccc(C(F)(F)F)cc2)SC2CCC(C(=O)NCC3CCCO3)CC21. The second-order valence-electron chi connectivity index (χ2n) is 8.66. The van der Waals surface area contributed by atoms with Crippen LogP contribution in [0.5, 0.6) is 0 Å². The Bertz CT molecular complexity index is 881. The van der Waals surface area contributed by atoms with E-state index in [9.17, 15) is 22.8 Å². The van der Waals surface area contributed by atoms with Gasteiger partial charge in [0.05, 0.1) is 16.6 Å². The molecule has 1 aromatic rings. The zero-order valence-corrected chi connectivity index (χ0v) is 18.7. The van der Waals surface area contributed by atoms with Gasteiger partial charge in [0.25, 0.3) is 5.91 Å². The van der Waals surface area contributed by atoms with E-state index in [4.69, 9.17) is 4.74 Å². The summed E-state index contributed by atoms with van der Waals surface area (Å²) in [5.41, 5.74) is -0.154. The average Bonchev–Trinajstić information content (AvgIpc) is 3.29. The highest BCUT2D eigenvalue weighted by Gasteiger charge is 2.43. The van der Waals surface area contributed by atoms with Gasteiger partial charge in [-0.25, -0.2) is 0 Å². The molecule has 0 radical (unpaired) electrons. The second kappa shape index (κ2) is 9.47. The van der Waals surface area contributed by atoms with Crippen molar-refractivity contribution < 1.29 is 27.5 Å². The van der Waals surface area contributed by atoms with Crippen molar-refractivity contribution in [3.05, 3.63) is 40.3 Å². The number of nitrogens with one attached hydrogen (secondary N) is 1. The quantitative estimate of drug-likeness (QED) is 0.677. The number of halogens is 3. The van der Waals surface area contributed by atoms with Crippen molar-refractivity contribution in [2.75, 3.05) is 20.2 Å². The van der Waals surface area contributed by atoms with Crippen molar-refractivity contribution in [2.45, 2.75) is 55.7 Å². The monoisotopic (exact) mass is 468 g/mol. The molecule has 5 nitrogen and oxygen atoms in total. The fourth-order valence-electron chi connectivity index (χ4n) is 4.62. The number of ether oxygens (including phenoxy) is 1. The molecular weight excluding hydrogens is 441 g/mol. The zero-order chi connectivity index (χ0) is 22.9. The summed E-state index contributed by atoms with van der Waals surface area (Å²) in [7, 11) is 1.74. The first-order chi connectivity index (χ1) is 15.2.